The molecule has 1 heterocycles. The Morgan fingerprint density at radius 3 is 2.53 bits per heavy atom. The van der Waals surface area contributed by atoms with Gasteiger partial charge in [0.2, 0.25) is 0 Å². The van der Waals surface area contributed by atoms with Gasteiger partial charge in [-0.15, -0.1) is 0 Å². The SMILES string of the molecule is Cc1ccc(C(=O)NCCCCCc2nc3ccccc3n2CCCOc2ccccc2C)c(C)c1. The summed E-state index contributed by atoms with van der Waals surface area (Å²) in [7, 11) is 0. The molecular formula is C31H37N3O2. The molecule has 0 aliphatic rings. The smallest absolute Gasteiger partial charge is 0.251 e. The molecule has 5 heteroatoms. The van der Waals surface area contributed by atoms with Crippen LogP contribution in [0.4, 0.5) is 0 Å². The average Bonchev–Trinajstić information content (AvgIpc) is 3.22. The number of aryl methyl sites for hydroxylation is 5. The molecule has 188 valence electrons. The van der Waals surface area contributed by atoms with Crippen molar-refractivity contribution in [2.75, 3.05) is 13.2 Å². The number of carbonyl (C=O) groups excluding carboxylic acids is 1. The van der Waals surface area contributed by atoms with Crippen LogP contribution in [0.1, 0.15) is 58.6 Å². The van der Waals surface area contributed by atoms with Crippen LogP contribution in [-0.2, 0) is 13.0 Å². The van der Waals surface area contributed by atoms with Crippen molar-refractivity contribution in [2.45, 2.75) is 59.4 Å². The zero-order valence-electron chi connectivity index (χ0n) is 21.7. The van der Waals surface area contributed by atoms with Crippen molar-refractivity contribution >= 4 is 16.9 Å². The summed E-state index contributed by atoms with van der Waals surface area (Å²) in [6, 6.07) is 22.5. The Morgan fingerprint density at radius 1 is 0.889 bits per heavy atom. The summed E-state index contributed by atoms with van der Waals surface area (Å²) < 4.78 is 8.35. The molecule has 0 bridgehead atoms. The number of ether oxygens (including phenoxy) is 1. The van der Waals surface area contributed by atoms with Crippen LogP contribution >= 0.6 is 0 Å². The molecule has 0 fully saturated rings. The Bertz CT molecular complexity index is 1310. The lowest BCUT2D eigenvalue weighted by Gasteiger charge is -2.12. The van der Waals surface area contributed by atoms with E-state index in [0.717, 1.165) is 72.4 Å². The number of hydrogen-bond donors (Lipinski definition) is 1. The summed E-state index contributed by atoms with van der Waals surface area (Å²) in [5, 5.41) is 3.07. The second kappa shape index (κ2) is 12.4. The predicted octanol–water partition coefficient (Wildman–Crippen LogP) is 6.57. The minimum Gasteiger partial charge on any atom is -0.493 e. The van der Waals surface area contributed by atoms with Crippen molar-refractivity contribution in [3.63, 3.8) is 0 Å². The first kappa shape index (κ1) is 25.5. The molecule has 1 amide bonds. The fourth-order valence-corrected chi connectivity index (χ4v) is 4.64. The van der Waals surface area contributed by atoms with Gasteiger partial charge in [0.1, 0.15) is 11.6 Å². The van der Waals surface area contributed by atoms with Crippen molar-refractivity contribution in [3.05, 3.63) is 94.8 Å². The van der Waals surface area contributed by atoms with E-state index in [9.17, 15) is 4.79 Å². The van der Waals surface area contributed by atoms with Gasteiger partial charge in [-0.25, -0.2) is 4.98 Å². The Morgan fingerprint density at radius 2 is 1.69 bits per heavy atom. The lowest BCUT2D eigenvalue weighted by molar-refractivity contribution is 0.0952. The van der Waals surface area contributed by atoms with E-state index in [4.69, 9.17) is 9.72 Å². The van der Waals surface area contributed by atoms with Gasteiger partial charge in [0, 0.05) is 25.1 Å². The van der Waals surface area contributed by atoms with Crippen molar-refractivity contribution in [3.8, 4) is 5.75 Å². The fourth-order valence-electron chi connectivity index (χ4n) is 4.64. The molecule has 4 aromatic rings. The highest BCUT2D eigenvalue weighted by Crippen LogP contribution is 2.20. The van der Waals surface area contributed by atoms with Crippen LogP contribution in [0.15, 0.2) is 66.7 Å². The van der Waals surface area contributed by atoms with Gasteiger partial charge in [-0.1, -0.05) is 54.4 Å². The van der Waals surface area contributed by atoms with E-state index in [1.807, 2.05) is 50.2 Å². The number of nitrogens with one attached hydrogen (secondary N) is 1. The lowest BCUT2D eigenvalue weighted by Crippen LogP contribution is -2.25. The monoisotopic (exact) mass is 483 g/mol. The molecule has 0 atom stereocenters. The Labute approximate surface area is 214 Å². The molecule has 0 aliphatic carbocycles. The van der Waals surface area contributed by atoms with Crippen molar-refractivity contribution in [2.24, 2.45) is 0 Å². The van der Waals surface area contributed by atoms with Crippen molar-refractivity contribution in [1.82, 2.24) is 14.9 Å². The molecule has 0 saturated heterocycles. The van der Waals surface area contributed by atoms with E-state index in [1.165, 1.54) is 11.1 Å². The van der Waals surface area contributed by atoms with Crippen LogP contribution in [-0.4, -0.2) is 28.6 Å². The number of para-hydroxylation sites is 3. The Balaban J connectivity index is 1.25. The van der Waals surface area contributed by atoms with Crippen LogP contribution < -0.4 is 10.1 Å². The molecule has 4 rings (SSSR count). The summed E-state index contributed by atoms with van der Waals surface area (Å²) in [6.45, 7) is 8.36. The van der Waals surface area contributed by atoms with Gasteiger partial charge in [-0.3, -0.25) is 4.79 Å². The second-order valence-corrected chi connectivity index (χ2v) is 9.52. The Hall–Kier alpha value is -3.60. The maximum atomic E-state index is 12.5. The van der Waals surface area contributed by atoms with Crippen molar-refractivity contribution in [1.29, 1.82) is 0 Å². The number of fused-ring (bicyclic) bond motifs is 1. The first-order chi connectivity index (χ1) is 17.5. The van der Waals surface area contributed by atoms with E-state index >= 15 is 0 Å². The molecule has 1 aromatic heterocycles. The first-order valence-electron chi connectivity index (χ1n) is 13.0. The normalized spacial score (nSPS) is 11.1. The number of nitrogens with zero attached hydrogens (tertiary/aromatic N) is 2. The predicted molar refractivity (Wildman–Crippen MR) is 147 cm³/mol. The quantitative estimate of drug-likeness (QED) is 0.232. The van der Waals surface area contributed by atoms with Crippen LogP contribution in [0, 0.1) is 20.8 Å². The fraction of sp³-hybridized carbons (Fsp3) is 0.355. The van der Waals surface area contributed by atoms with Crippen LogP contribution in [0.5, 0.6) is 5.75 Å². The molecule has 36 heavy (non-hydrogen) atoms. The minimum absolute atomic E-state index is 0.0159. The third kappa shape index (κ3) is 6.54. The van der Waals surface area contributed by atoms with Crippen LogP contribution in [0.2, 0.25) is 0 Å². The summed E-state index contributed by atoms with van der Waals surface area (Å²) in [6.07, 6.45) is 4.90. The second-order valence-electron chi connectivity index (χ2n) is 9.52. The zero-order chi connectivity index (χ0) is 25.3. The van der Waals surface area contributed by atoms with Gasteiger partial charge >= 0.3 is 0 Å². The summed E-state index contributed by atoms with van der Waals surface area (Å²) in [4.78, 5) is 17.4. The molecule has 0 aliphatic heterocycles. The molecule has 3 aromatic carbocycles. The van der Waals surface area contributed by atoms with E-state index in [2.05, 4.69) is 47.1 Å². The summed E-state index contributed by atoms with van der Waals surface area (Å²) >= 11 is 0. The zero-order valence-corrected chi connectivity index (χ0v) is 21.7. The topological polar surface area (TPSA) is 56.2 Å². The molecule has 0 saturated carbocycles. The first-order valence-corrected chi connectivity index (χ1v) is 13.0. The highest BCUT2D eigenvalue weighted by atomic mass is 16.5. The number of unbranched alkanes of at least 4 members (excludes halogenated alkanes) is 2. The Kier molecular flexibility index (Phi) is 8.77. The van der Waals surface area contributed by atoms with E-state index in [-0.39, 0.29) is 5.91 Å². The number of aromatic nitrogens is 2. The van der Waals surface area contributed by atoms with Gasteiger partial charge in [0.05, 0.1) is 17.6 Å². The maximum Gasteiger partial charge on any atom is 0.251 e. The number of rotatable bonds is 12. The van der Waals surface area contributed by atoms with Gasteiger partial charge in [-0.05, 0) is 75.4 Å². The summed E-state index contributed by atoms with van der Waals surface area (Å²) in [5.74, 6) is 2.10. The van der Waals surface area contributed by atoms with E-state index in [1.54, 1.807) is 0 Å². The number of carbonyl (C=O) groups is 1. The largest absolute Gasteiger partial charge is 0.493 e. The third-order valence-electron chi connectivity index (χ3n) is 6.60. The maximum absolute atomic E-state index is 12.5. The number of benzene rings is 3. The molecule has 0 radical (unpaired) electrons. The highest BCUT2D eigenvalue weighted by molar-refractivity contribution is 5.95. The minimum atomic E-state index is 0.0159. The lowest BCUT2D eigenvalue weighted by atomic mass is 10.1. The average molecular weight is 484 g/mol. The molecule has 5 nitrogen and oxygen atoms in total. The van der Waals surface area contributed by atoms with Crippen molar-refractivity contribution < 1.29 is 9.53 Å². The molecule has 1 N–H and O–H groups in total. The van der Waals surface area contributed by atoms with E-state index in [0.29, 0.717) is 13.2 Å². The molecule has 0 spiro atoms. The van der Waals surface area contributed by atoms with Gasteiger partial charge in [-0.2, -0.15) is 0 Å². The van der Waals surface area contributed by atoms with E-state index < -0.39 is 0 Å². The van der Waals surface area contributed by atoms with Gasteiger partial charge in [0.25, 0.3) is 5.91 Å². The van der Waals surface area contributed by atoms with Gasteiger partial charge in [0.15, 0.2) is 0 Å². The number of hydrogen-bond acceptors (Lipinski definition) is 3. The van der Waals surface area contributed by atoms with Gasteiger partial charge < -0.3 is 14.6 Å². The highest BCUT2D eigenvalue weighted by Gasteiger charge is 2.11. The number of imidazole rings is 1. The standard InChI is InChI=1S/C31H37N3O2/c1-23-17-18-26(25(3)22-23)31(35)32-19-10-4-5-16-30-33-27-13-7-8-14-28(27)34(30)20-11-21-36-29-15-9-6-12-24(29)2/h6-9,12-15,17-18,22H,4-5,10-11,16,19-21H2,1-3H3,(H,32,35). The summed E-state index contributed by atoms with van der Waals surface area (Å²) in [5.41, 5.74) is 6.36. The van der Waals surface area contributed by atoms with Crippen LogP contribution in [0.3, 0.4) is 0 Å². The van der Waals surface area contributed by atoms with Crippen LogP contribution in [0.25, 0.3) is 11.0 Å². The number of amides is 1. The third-order valence-corrected chi connectivity index (χ3v) is 6.60. The molecular weight excluding hydrogens is 446 g/mol. The molecule has 0 unspecified atom stereocenters.